The van der Waals surface area contributed by atoms with Crippen LogP contribution in [0.2, 0.25) is 0 Å². The van der Waals surface area contributed by atoms with Gasteiger partial charge in [0, 0.05) is 16.1 Å². The zero-order chi connectivity index (χ0) is 13.3. The number of halogens is 1. The highest BCUT2D eigenvalue weighted by Gasteiger charge is 2.16. The molecule has 0 spiro atoms. The van der Waals surface area contributed by atoms with Crippen molar-refractivity contribution in [3.05, 3.63) is 40.5 Å². The highest BCUT2D eigenvalue weighted by molar-refractivity contribution is 9.10. The lowest BCUT2D eigenvalue weighted by Crippen LogP contribution is -2.11. The van der Waals surface area contributed by atoms with Crippen molar-refractivity contribution in [3.63, 3.8) is 0 Å². The van der Waals surface area contributed by atoms with Gasteiger partial charge in [0.25, 0.3) is 0 Å². The van der Waals surface area contributed by atoms with Crippen LogP contribution < -0.4 is 0 Å². The second-order valence-corrected chi connectivity index (χ2v) is 5.18. The Balaban J connectivity index is 2.49. The van der Waals surface area contributed by atoms with E-state index in [2.05, 4.69) is 21.0 Å². The Bertz CT molecular complexity index is 573. The summed E-state index contributed by atoms with van der Waals surface area (Å²) in [5.74, 6) is -0.959. The van der Waals surface area contributed by atoms with Crippen molar-refractivity contribution in [2.75, 3.05) is 0 Å². The zero-order valence-electron chi connectivity index (χ0n) is 10.1. The summed E-state index contributed by atoms with van der Waals surface area (Å²) < 4.78 is 2.51. The molecule has 0 aliphatic carbocycles. The topological polar surface area (TPSA) is 55.1 Å². The van der Waals surface area contributed by atoms with Crippen molar-refractivity contribution >= 4 is 21.9 Å². The molecule has 5 heteroatoms. The van der Waals surface area contributed by atoms with Gasteiger partial charge in [0.05, 0.1) is 5.69 Å². The summed E-state index contributed by atoms with van der Waals surface area (Å²) in [5, 5.41) is 13.5. The minimum Gasteiger partial charge on any atom is -0.477 e. The fourth-order valence-electron chi connectivity index (χ4n) is 1.71. The maximum Gasteiger partial charge on any atom is 0.354 e. The van der Waals surface area contributed by atoms with E-state index in [1.807, 2.05) is 38.1 Å². The number of hydrogen-bond acceptors (Lipinski definition) is 2. The molecule has 0 aliphatic rings. The van der Waals surface area contributed by atoms with Crippen molar-refractivity contribution in [3.8, 4) is 11.3 Å². The van der Waals surface area contributed by atoms with Gasteiger partial charge < -0.3 is 5.11 Å². The van der Waals surface area contributed by atoms with Gasteiger partial charge in [0.15, 0.2) is 0 Å². The van der Waals surface area contributed by atoms with Gasteiger partial charge in [0.1, 0.15) is 5.69 Å². The molecular weight excluding hydrogens is 296 g/mol. The van der Waals surface area contributed by atoms with Crippen molar-refractivity contribution in [2.24, 2.45) is 0 Å². The Morgan fingerprint density at radius 2 is 1.94 bits per heavy atom. The molecule has 1 N–H and O–H groups in total. The number of hydrogen-bond donors (Lipinski definition) is 1. The molecule has 1 aromatic heterocycles. The minimum atomic E-state index is -0.959. The summed E-state index contributed by atoms with van der Waals surface area (Å²) in [6.07, 6.45) is 0. The quantitative estimate of drug-likeness (QED) is 0.942. The normalized spacial score (nSPS) is 10.9. The monoisotopic (exact) mass is 308 g/mol. The Kier molecular flexibility index (Phi) is 3.52. The van der Waals surface area contributed by atoms with Crippen LogP contribution in [-0.4, -0.2) is 20.9 Å². The summed E-state index contributed by atoms with van der Waals surface area (Å²) >= 11 is 3.36. The average Bonchev–Trinajstić information content (AvgIpc) is 2.75. The molecule has 4 nitrogen and oxygen atoms in total. The fourth-order valence-corrected chi connectivity index (χ4v) is 1.97. The lowest BCUT2D eigenvalue weighted by Gasteiger charge is -2.07. The van der Waals surface area contributed by atoms with Crippen molar-refractivity contribution in [1.29, 1.82) is 0 Å². The average molecular weight is 309 g/mol. The maximum absolute atomic E-state index is 11.2. The van der Waals surface area contributed by atoms with Crippen LogP contribution in [0.1, 0.15) is 30.4 Å². The summed E-state index contributed by atoms with van der Waals surface area (Å²) in [4.78, 5) is 11.2. The molecule has 2 aromatic rings. The number of nitrogens with zero attached hydrogens (tertiary/aromatic N) is 2. The largest absolute Gasteiger partial charge is 0.477 e. The van der Waals surface area contributed by atoms with Gasteiger partial charge in [-0.2, -0.15) is 5.10 Å². The number of benzene rings is 1. The molecule has 1 aromatic carbocycles. The van der Waals surface area contributed by atoms with Crippen molar-refractivity contribution in [2.45, 2.75) is 19.9 Å². The van der Waals surface area contributed by atoms with Crippen LogP contribution in [0.15, 0.2) is 34.8 Å². The predicted octanol–water partition coefficient (Wildman–Crippen LogP) is 3.59. The SMILES string of the molecule is CC(C)n1nc(-c2ccc(Br)cc2)cc1C(=O)O. The number of carboxylic acids is 1. The number of rotatable bonds is 3. The molecule has 0 saturated heterocycles. The van der Waals surface area contributed by atoms with Crippen LogP contribution in [0.3, 0.4) is 0 Å². The molecule has 18 heavy (non-hydrogen) atoms. The van der Waals surface area contributed by atoms with E-state index in [4.69, 9.17) is 5.11 Å². The molecule has 0 fully saturated rings. The fraction of sp³-hybridized carbons (Fsp3) is 0.231. The smallest absolute Gasteiger partial charge is 0.354 e. The Morgan fingerprint density at radius 3 is 2.39 bits per heavy atom. The Hall–Kier alpha value is -1.62. The standard InChI is InChI=1S/C13H13BrN2O2/c1-8(2)16-12(13(17)18)7-11(15-16)9-3-5-10(14)6-4-9/h3-8H,1-2H3,(H,17,18). The lowest BCUT2D eigenvalue weighted by atomic mass is 10.1. The molecule has 0 unspecified atom stereocenters. The molecule has 0 aliphatic heterocycles. The highest BCUT2D eigenvalue weighted by Crippen LogP contribution is 2.23. The van der Waals surface area contributed by atoms with Gasteiger partial charge in [-0.05, 0) is 32.0 Å². The Labute approximate surface area is 113 Å². The Morgan fingerprint density at radius 1 is 1.33 bits per heavy atom. The highest BCUT2D eigenvalue weighted by atomic mass is 79.9. The third kappa shape index (κ3) is 2.46. The second-order valence-electron chi connectivity index (χ2n) is 4.27. The van der Waals surface area contributed by atoms with Crippen molar-refractivity contribution < 1.29 is 9.90 Å². The summed E-state index contributed by atoms with van der Waals surface area (Å²) in [7, 11) is 0. The number of aromatic nitrogens is 2. The molecule has 0 saturated carbocycles. The van der Waals surface area contributed by atoms with E-state index in [1.54, 1.807) is 6.07 Å². The van der Waals surface area contributed by atoms with E-state index >= 15 is 0 Å². The predicted molar refractivity (Wildman–Crippen MR) is 72.7 cm³/mol. The van der Waals surface area contributed by atoms with Gasteiger partial charge in [0.2, 0.25) is 0 Å². The zero-order valence-corrected chi connectivity index (χ0v) is 11.7. The van der Waals surface area contributed by atoms with Gasteiger partial charge in [-0.1, -0.05) is 28.1 Å². The van der Waals surface area contributed by atoms with E-state index < -0.39 is 5.97 Å². The number of carboxylic acid groups (broad SMARTS) is 1. The van der Waals surface area contributed by atoms with Gasteiger partial charge >= 0.3 is 5.97 Å². The second kappa shape index (κ2) is 4.94. The van der Waals surface area contributed by atoms with E-state index in [-0.39, 0.29) is 11.7 Å². The van der Waals surface area contributed by atoms with Gasteiger partial charge in [-0.15, -0.1) is 0 Å². The molecule has 2 rings (SSSR count). The molecule has 1 heterocycles. The molecule has 0 atom stereocenters. The van der Waals surface area contributed by atoms with Gasteiger partial charge in [-0.3, -0.25) is 4.68 Å². The molecule has 94 valence electrons. The first-order valence-electron chi connectivity index (χ1n) is 5.58. The minimum absolute atomic E-state index is 0.0142. The van der Waals surface area contributed by atoms with Gasteiger partial charge in [-0.25, -0.2) is 4.79 Å². The number of aromatic carboxylic acids is 1. The third-order valence-electron chi connectivity index (χ3n) is 2.58. The summed E-state index contributed by atoms with van der Waals surface area (Å²) in [5.41, 5.74) is 1.79. The summed E-state index contributed by atoms with van der Waals surface area (Å²) in [6, 6.07) is 9.24. The summed E-state index contributed by atoms with van der Waals surface area (Å²) in [6.45, 7) is 3.82. The third-order valence-corrected chi connectivity index (χ3v) is 3.11. The van der Waals surface area contributed by atoms with Crippen LogP contribution in [0.25, 0.3) is 11.3 Å². The first-order valence-corrected chi connectivity index (χ1v) is 6.37. The first-order chi connectivity index (χ1) is 8.49. The molecule has 0 amide bonds. The molecular formula is C13H13BrN2O2. The molecule has 0 radical (unpaired) electrons. The van der Waals surface area contributed by atoms with Crippen LogP contribution in [0.4, 0.5) is 0 Å². The van der Waals surface area contributed by atoms with Crippen LogP contribution in [-0.2, 0) is 0 Å². The van der Waals surface area contributed by atoms with E-state index in [1.165, 1.54) is 4.68 Å². The lowest BCUT2D eigenvalue weighted by molar-refractivity contribution is 0.0681. The van der Waals surface area contributed by atoms with E-state index in [0.717, 1.165) is 10.0 Å². The molecule has 0 bridgehead atoms. The first kappa shape index (κ1) is 12.8. The number of carbonyl (C=O) groups is 1. The maximum atomic E-state index is 11.2. The van der Waals surface area contributed by atoms with Crippen LogP contribution >= 0.6 is 15.9 Å². The van der Waals surface area contributed by atoms with Crippen molar-refractivity contribution in [1.82, 2.24) is 9.78 Å². The van der Waals surface area contributed by atoms with E-state index in [9.17, 15) is 4.79 Å². The van der Waals surface area contributed by atoms with Crippen LogP contribution in [0.5, 0.6) is 0 Å². The van der Waals surface area contributed by atoms with E-state index in [0.29, 0.717) is 5.69 Å². The van der Waals surface area contributed by atoms with Crippen LogP contribution in [0, 0.1) is 0 Å².